The largest absolute Gasteiger partial charge is 0.476 e. The maximum absolute atomic E-state index is 11.3. The van der Waals surface area contributed by atoms with Crippen LogP contribution < -0.4 is 5.32 Å². The maximum atomic E-state index is 11.3. The maximum Gasteiger partial charge on any atom is 0.360 e. The Balaban J connectivity index is 1.96. The molecule has 4 rings (SSSR count). The van der Waals surface area contributed by atoms with Crippen molar-refractivity contribution in [2.75, 3.05) is 5.32 Å². The third-order valence-electron chi connectivity index (χ3n) is 3.46. The van der Waals surface area contributed by atoms with Crippen LogP contribution in [0, 0.1) is 0 Å². The molecular formula is C15H9ClN6O2. The highest BCUT2D eigenvalue weighted by molar-refractivity contribution is 6.30. The number of carbonyl (C=O) groups is 1. The molecule has 3 aromatic heterocycles. The van der Waals surface area contributed by atoms with Crippen LogP contribution in [0.25, 0.3) is 16.6 Å². The second-order valence-electron chi connectivity index (χ2n) is 4.96. The molecule has 2 N–H and O–H groups in total. The average Bonchev–Trinajstić information content (AvgIpc) is 3.01. The van der Waals surface area contributed by atoms with Crippen LogP contribution in [0.2, 0.25) is 5.02 Å². The van der Waals surface area contributed by atoms with Crippen molar-refractivity contribution in [1.82, 2.24) is 24.8 Å². The monoisotopic (exact) mass is 340 g/mol. The molecule has 0 saturated heterocycles. The van der Waals surface area contributed by atoms with Crippen molar-refractivity contribution in [3.05, 3.63) is 53.4 Å². The first kappa shape index (κ1) is 14.3. The third kappa shape index (κ3) is 2.29. The Hall–Kier alpha value is -3.26. The van der Waals surface area contributed by atoms with Crippen molar-refractivity contribution in [2.45, 2.75) is 0 Å². The summed E-state index contributed by atoms with van der Waals surface area (Å²) in [5, 5.41) is 21.3. The summed E-state index contributed by atoms with van der Waals surface area (Å²) in [5.41, 5.74) is 1.28. The minimum Gasteiger partial charge on any atom is -0.476 e. The van der Waals surface area contributed by atoms with E-state index in [1.165, 1.54) is 4.52 Å². The predicted octanol–water partition coefficient (Wildman–Crippen LogP) is 2.77. The number of aromatic carboxylic acids is 1. The number of fused-ring (bicyclic) bond motifs is 3. The number of nitrogens with one attached hydrogen (secondary N) is 1. The number of carboxylic acid groups (broad SMARTS) is 1. The molecule has 118 valence electrons. The van der Waals surface area contributed by atoms with Gasteiger partial charge in [-0.25, -0.2) is 9.78 Å². The van der Waals surface area contributed by atoms with Gasteiger partial charge >= 0.3 is 5.97 Å². The highest BCUT2D eigenvalue weighted by Gasteiger charge is 2.19. The molecule has 24 heavy (non-hydrogen) atoms. The van der Waals surface area contributed by atoms with Gasteiger partial charge in [-0.1, -0.05) is 16.8 Å². The van der Waals surface area contributed by atoms with Crippen LogP contribution in [-0.2, 0) is 0 Å². The summed E-state index contributed by atoms with van der Waals surface area (Å²) < 4.78 is 1.36. The Morgan fingerprint density at radius 2 is 2.00 bits per heavy atom. The molecule has 0 fully saturated rings. The third-order valence-corrected chi connectivity index (χ3v) is 3.71. The topological polar surface area (TPSA) is 105 Å². The highest BCUT2D eigenvalue weighted by Crippen LogP contribution is 2.26. The standard InChI is InChI=1S/C15H9ClN6O2/c16-8-1-3-9(4-2-8)18-13-10-5-6-17-7-11(10)22-14(19-13)12(15(23)24)20-21-22/h1-7H,(H,18,19)(H,23,24). The van der Waals surface area contributed by atoms with Gasteiger partial charge in [0.2, 0.25) is 5.69 Å². The van der Waals surface area contributed by atoms with E-state index in [9.17, 15) is 9.90 Å². The molecule has 0 amide bonds. The van der Waals surface area contributed by atoms with Gasteiger partial charge in [0.15, 0.2) is 5.65 Å². The lowest BCUT2D eigenvalue weighted by Crippen LogP contribution is -2.03. The van der Waals surface area contributed by atoms with E-state index in [0.29, 0.717) is 16.4 Å². The Bertz CT molecular complexity index is 1080. The number of nitrogens with zero attached hydrogens (tertiary/aromatic N) is 5. The summed E-state index contributed by atoms with van der Waals surface area (Å²) in [6, 6.07) is 8.86. The SMILES string of the molecule is O=C(O)c1nnn2c1nc(Nc1ccc(Cl)cc1)c1ccncc12. The predicted molar refractivity (Wildman–Crippen MR) is 87.8 cm³/mol. The number of rotatable bonds is 3. The number of hydrogen-bond donors (Lipinski definition) is 2. The molecular weight excluding hydrogens is 332 g/mol. The van der Waals surface area contributed by atoms with Crippen molar-refractivity contribution >= 4 is 45.6 Å². The van der Waals surface area contributed by atoms with E-state index in [1.54, 1.807) is 42.7 Å². The van der Waals surface area contributed by atoms with Gasteiger partial charge in [0.05, 0.1) is 11.7 Å². The lowest BCUT2D eigenvalue weighted by Gasteiger charge is -2.10. The van der Waals surface area contributed by atoms with Gasteiger partial charge in [-0.2, -0.15) is 4.52 Å². The fourth-order valence-electron chi connectivity index (χ4n) is 2.36. The number of hydrogen-bond acceptors (Lipinski definition) is 6. The van der Waals surface area contributed by atoms with Crippen LogP contribution in [0.4, 0.5) is 11.5 Å². The fourth-order valence-corrected chi connectivity index (χ4v) is 2.49. The smallest absolute Gasteiger partial charge is 0.360 e. The van der Waals surface area contributed by atoms with E-state index in [2.05, 4.69) is 25.6 Å². The van der Waals surface area contributed by atoms with Crippen LogP contribution in [0.1, 0.15) is 10.5 Å². The zero-order valence-electron chi connectivity index (χ0n) is 12.0. The average molecular weight is 341 g/mol. The molecule has 0 aliphatic heterocycles. The molecule has 9 heteroatoms. The first-order valence-electron chi connectivity index (χ1n) is 6.88. The van der Waals surface area contributed by atoms with Crippen molar-refractivity contribution < 1.29 is 9.90 Å². The summed E-state index contributed by atoms with van der Waals surface area (Å²) in [6.07, 6.45) is 3.20. The summed E-state index contributed by atoms with van der Waals surface area (Å²) in [7, 11) is 0. The van der Waals surface area contributed by atoms with Crippen molar-refractivity contribution in [3.63, 3.8) is 0 Å². The molecule has 1 aromatic carbocycles. The summed E-state index contributed by atoms with van der Waals surface area (Å²) in [6.45, 7) is 0. The zero-order chi connectivity index (χ0) is 16.7. The lowest BCUT2D eigenvalue weighted by atomic mass is 10.2. The van der Waals surface area contributed by atoms with E-state index in [1.807, 2.05) is 0 Å². The van der Waals surface area contributed by atoms with Gasteiger partial charge in [-0.05, 0) is 30.3 Å². The first-order valence-corrected chi connectivity index (χ1v) is 7.26. The number of pyridine rings is 1. The van der Waals surface area contributed by atoms with Gasteiger partial charge in [0, 0.05) is 22.3 Å². The number of benzene rings is 1. The van der Waals surface area contributed by atoms with Crippen LogP contribution in [-0.4, -0.2) is 35.9 Å². The Labute approximate surface area is 139 Å². The molecule has 0 unspecified atom stereocenters. The number of aromatic nitrogens is 5. The number of halogens is 1. The summed E-state index contributed by atoms with van der Waals surface area (Å²) in [5.74, 6) is -0.717. The molecule has 0 aliphatic carbocycles. The van der Waals surface area contributed by atoms with E-state index in [4.69, 9.17) is 11.6 Å². The quantitative estimate of drug-likeness (QED) is 0.590. The van der Waals surface area contributed by atoms with E-state index in [-0.39, 0.29) is 11.3 Å². The van der Waals surface area contributed by atoms with Crippen LogP contribution in [0.5, 0.6) is 0 Å². The molecule has 0 spiro atoms. The van der Waals surface area contributed by atoms with Gasteiger partial charge in [-0.15, -0.1) is 5.10 Å². The van der Waals surface area contributed by atoms with Gasteiger partial charge in [-0.3, -0.25) is 4.98 Å². The zero-order valence-corrected chi connectivity index (χ0v) is 12.8. The summed E-state index contributed by atoms with van der Waals surface area (Å²) in [4.78, 5) is 19.8. The Kier molecular flexibility index (Phi) is 3.24. The number of carboxylic acids is 1. The van der Waals surface area contributed by atoms with Crippen molar-refractivity contribution in [2.24, 2.45) is 0 Å². The lowest BCUT2D eigenvalue weighted by molar-refractivity contribution is 0.0692. The van der Waals surface area contributed by atoms with E-state index in [0.717, 1.165) is 11.1 Å². The van der Waals surface area contributed by atoms with Gasteiger partial charge < -0.3 is 10.4 Å². The molecule has 0 saturated carbocycles. The minimum absolute atomic E-state index is 0.138. The Morgan fingerprint density at radius 1 is 1.21 bits per heavy atom. The summed E-state index contributed by atoms with van der Waals surface area (Å²) >= 11 is 5.89. The molecule has 0 radical (unpaired) electrons. The highest BCUT2D eigenvalue weighted by atomic mass is 35.5. The van der Waals surface area contributed by atoms with Crippen molar-refractivity contribution in [1.29, 1.82) is 0 Å². The first-order chi connectivity index (χ1) is 11.6. The van der Waals surface area contributed by atoms with Crippen molar-refractivity contribution in [3.8, 4) is 0 Å². The fraction of sp³-hybridized carbons (Fsp3) is 0. The van der Waals surface area contributed by atoms with Gasteiger partial charge in [0.1, 0.15) is 5.82 Å². The van der Waals surface area contributed by atoms with E-state index >= 15 is 0 Å². The second kappa shape index (κ2) is 5.43. The van der Waals surface area contributed by atoms with Crippen LogP contribution in [0.15, 0.2) is 42.7 Å². The second-order valence-corrected chi connectivity index (χ2v) is 5.40. The molecule has 3 heterocycles. The van der Waals surface area contributed by atoms with Gasteiger partial charge in [0.25, 0.3) is 0 Å². The minimum atomic E-state index is -1.20. The van der Waals surface area contributed by atoms with E-state index < -0.39 is 5.97 Å². The van der Waals surface area contributed by atoms with Crippen LogP contribution in [0.3, 0.4) is 0 Å². The molecule has 0 atom stereocenters. The molecule has 0 aliphatic rings. The molecule has 8 nitrogen and oxygen atoms in total. The number of anilines is 2. The Morgan fingerprint density at radius 3 is 2.75 bits per heavy atom. The normalized spacial score (nSPS) is 11.0. The molecule has 0 bridgehead atoms. The molecule has 4 aromatic rings. The van der Waals surface area contributed by atoms with Crippen LogP contribution >= 0.6 is 11.6 Å².